The summed E-state index contributed by atoms with van der Waals surface area (Å²) in [6.45, 7) is 2.67. The number of likely N-dealkylation sites (tertiary alicyclic amines) is 1. The molecule has 2 aromatic rings. The third-order valence-electron chi connectivity index (χ3n) is 6.27. The number of nitrogens with one attached hydrogen (secondary N) is 2. The molecular formula is C23H27N5O2. The number of anilines is 2. The fourth-order valence-corrected chi connectivity index (χ4v) is 4.55. The summed E-state index contributed by atoms with van der Waals surface area (Å²) < 4.78 is 5.61. The minimum Gasteiger partial charge on any atom is -0.370 e. The van der Waals surface area contributed by atoms with E-state index < -0.39 is 0 Å². The SMILES string of the molecule is O=C([C@@H]1CCCO1)N1CCC2(CC1)Nc1cccnc1NC2=NCc1ccccc1. The fourth-order valence-electron chi connectivity index (χ4n) is 4.55. The van der Waals surface area contributed by atoms with Crippen LogP contribution in [0, 0.1) is 0 Å². The Morgan fingerprint density at radius 3 is 2.80 bits per heavy atom. The Hall–Kier alpha value is -2.93. The van der Waals surface area contributed by atoms with E-state index in [1.54, 1.807) is 6.20 Å². The van der Waals surface area contributed by atoms with E-state index in [2.05, 4.69) is 27.8 Å². The van der Waals surface area contributed by atoms with Crippen LogP contribution < -0.4 is 10.6 Å². The predicted molar refractivity (Wildman–Crippen MR) is 117 cm³/mol. The largest absolute Gasteiger partial charge is 0.370 e. The van der Waals surface area contributed by atoms with Gasteiger partial charge >= 0.3 is 0 Å². The van der Waals surface area contributed by atoms with Crippen molar-refractivity contribution in [3.05, 3.63) is 54.2 Å². The third kappa shape index (κ3) is 3.65. The van der Waals surface area contributed by atoms with Crippen LogP contribution in [0.25, 0.3) is 0 Å². The van der Waals surface area contributed by atoms with Gasteiger partial charge in [0.2, 0.25) is 0 Å². The van der Waals surface area contributed by atoms with Crippen LogP contribution in [0.1, 0.15) is 31.2 Å². The molecule has 0 saturated carbocycles. The molecule has 4 heterocycles. The molecule has 1 spiro atoms. The number of nitrogens with zero attached hydrogens (tertiary/aromatic N) is 3. The van der Waals surface area contributed by atoms with Gasteiger partial charge in [0.05, 0.1) is 17.8 Å². The van der Waals surface area contributed by atoms with Gasteiger partial charge in [-0.15, -0.1) is 0 Å². The maximum atomic E-state index is 12.8. The van der Waals surface area contributed by atoms with Crippen LogP contribution in [0.2, 0.25) is 0 Å². The standard InChI is InChI=1S/C23H27N5O2/c29-21(19-9-5-15-30-19)28-13-10-23(11-14-28)22(25-16-17-6-2-1-3-7-17)26-20-18(27-23)8-4-12-24-20/h1-4,6-8,12,19,27H,5,9-11,13-16H2,(H,24,25,26)/t19-/m0/s1. The Kier molecular flexibility index (Phi) is 5.12. The quantitative estimate of drug-likeness (QED) is 0.821. The van der Waals surface area contributed by atoms with Gasteiger partial charge in [0.15, 0.2) is 5.82 Å². The minimum atomic E-state index is -0.321. The first kappa shape index (κ1) is 19.1. The van der Waals surface area contributed by atoms with Crippen molar-refractivity contribution in [3.8, 4) is 0 Å². The maximum absolute atomic E-state index is 12.8. The molecule has 2 N–H and O–H groups in total. The van der Waals surface area contributed by atoms with Crippen molar-refractivity contribution in [1.82, 2.24) is 9.88 Å². The molecule has 1 atom stereocenters. The molecule has 0 radical (unpaired) electrons. The Morgan fingerprint density at radius 1 is 1.20 bits per heavy atom. The van der Waals surface area contributed by atoms with Crippen molar-refractivity contribution in [2.45, 2.75) is 43.9 Å². The van der Waals surface area contributed by atoms with Crippen LogP contribution in [0.5, 0.6) is 0 Å². The first-order valence-electron chi connectivity index (χ1n) is 10.7. The number of rotatable bonds is 3. The monoisotopic (exact) mass is 405 g/mol. The van der Waals surface area contributed by atoms with Crippen LogP contribution in [-0.2, 0) is 16.1 Å². The third-order valence-corrected chi connectivity index (χ3v) is 6.27. The maximum Gasteiger partial charge on any atom is 0.251 e. The molecule has 0 aliphatic carbocycles. The first-order valence-corrected chi connectivity index (χ1v) is 10.7. The summed E-state index contributed by atoms with van der Waals surface area (Å²) in [5, 5.41) is 7.18. The molecule has 5 rings (SSSR count). The summed E-state index contributed by atoms with van der Waals surface area (Å²) >= 11 is 0. The molecule has 1 aromatic carbocycles. The zero-order valence-corrected chi connectivity index (χ0v) is 17.0. The smallest absolute Gasteiger partial charge is 0.251 e. The van der Waals surface area contributed by atoms with E-state index in [0.29, 0.717) is 26.2 Å². The number of amidine groups is 1. The highest BCUT2D eigenvalue weighted by Gasteiger charge is 2.44. The lowest BCUT2D eigenvalue weighted by Crippen LogP contribution is -2.60. The van der Waals surface area contributed by atoms with Crippen LogP contribution in [0.3, 0.4) is 0 Å². The van der Waals surface area contributed by atoms with E-state index in [1.165, 1.54) is 5.56 Å². The minimum absolute atomic E-state index is 0.135. The van der Waals surface area contributed by atoms with E-state index >= 15 is 0 Å². The number of ether oxygens (including phenoxy) is 1. The highest BCUT2D eigenvalue weighted by molar-refractivity contribution is 6.08. The van der Waals surface area contributed by atoms with Crippen molar-refractivity contribution in [1.29, 1.82) is 0 Å². The van der Waals surface area contributed by atoms with E-state index in [0.717, 1.165) is 43.0 Å². The molecule has 30 heavy (non-hydrogen) atoms. The summed E-state index contributed by atoms with van der Waals surface area (Å²) in [5.74, 6) is 1.84. The molecule has 0 bridgehead atoms. The number of pyridine rings is 1. The summed E-state index contributed by atoms with van der Waals surface area (Å²) in [4.78, 5) is 24.2. The van der Waals surface area contributed by atoms with Crippen LogP contribution in [-0.4, -0.2) is 53.0 Å². The number of carbonyl (C=O) groups excluding carboxylic acids is 1. The lowest BCUT2D eigenvalue weighted by Gasteiger charge is -2.46. The molecule has 7 heteroatoms. The van der Waals surface area contributed by atoms with Gasteiger partial charge in [-0.05, 0) is 43.4 Å². The van der Waals surface area contributed by atoms with Crippen LogP contribution in [0.4, 0.5) is 11.5 Å². The van der Waals surface area contributed by atoms with Gasteiger partial charge in [-0.3, -0.25) is 9.79 Å². The van der Waals surface area contributed by atoms with Gasteiger partial charge in [0.25, 0.3) is 5.91 Å². The molecular weight excluding hydrogens is 378 g/mol. The van der Waals surface area contributed by atoms with Crippen LogP contribution >= 0.6 is 0 Å². The van der Waals surface area contributed by atoms with Crippen molar-refractivity contribution in [2.75, 3.05) is 30.3 Å². The molecule has 1 amide bonds. The number of aromatic nitrogens is 1. The molecule has 3 aliphatic heterocycles. The van der Waals surface area contributed by atoms with Crippen LogP contribution in [0.15, 0.2) is 53.7 Å². The number of aliphatic imine (C=N–C) groups is 1. The van der Waals surface area contributed by atoms with Crippen molar-refractivity contribution in [3.63, 3.8) is 0 Å². The lowest BCUT2D eigenvalue weighted by molar-refractivity contribution is -0.142. The average Bonchev–Trinajstić information content (AvgIpc) is 3.33. The summed E-state index contributed by atoms with van der Waals surface area (Å²) in [7, 11) is 0. The van der Waals surface area contributed by atoms with E-state index in [9.17, 15) is 4.79 Å². The second-order valence-corrected chi connectivity index (χ2v) is 8.21. The van der Waals surface area contributed by atoms with E-state index in [4.69, 9.17) is 9.73 Å². The zero-order valence-electron chi connectivity index (χ0n) is 17.0. The van der Waals surface area contributed by atoms with E-state index in [1.807, 2.05) is 35.2 Å². The zero-order chi connectivity index (χ0) is 20.4. The molecule has 2 saturated heterocycles. The Labute approximate surface area is 176 Å². The topological polar surface area (TPSA) is 78.8 Å². The normalized spacial score (nSPS) is 23.7. The molecule has 1 aromatic heterocycles. The van der Waals surface area contributed by atoms with Gasteiger partial charge in [-0.25, -0.2) is 4.98 Å². The van der Waals surface area contributed by atoms with Crippen molar-refractivity contribution in [2.24, 2.45) is 4.99 Å². The summed E-state index contributed by atoms with van der Waals surface area (Å²) in [6.07, 6.45) is 4.92. The molecule has 7 nitrogen and oxygen atoms in total. The van der Waals surface area contributed by atoms with Gasteiger partial charge in [0, 0.05) is 25.9 Å². The Balaban J connectivity index is 1.37. The fraction of sp³-hybridized carbons (Fsp3) is 0.435. The predicted octanol–water partition coefficient (Wildman–Crippen LogP) is 3.06. The number of benzene rings is 1. The second kappa shape index (κ2) is 8.07. The van der Waals surface area contributed by atoms with Gasteiger partial charge in [-0.2, -0.15) is 0 Å². The number of hydrogen-bond donors (Lipinski definition) is 2. The Bertz CT molecular complexity index is 932. The number of amides is 1. The molecule has 3 aliphatic rings. The Morgan fingerprint density at radius 2 is 2.03 bits per heavy atom. The average molecular weight is 406 g/mol. The highest BCUT2D eigenvalue weighted by Crippen LogP contribution is 2.36. The number of piperidine rings is 1. The molecule has 156 valence electrons. The first-order chi connectivity index (χ1) is 14.7. The number of carbonyl (C=O) groups is 1. The van der Waals surface area contributed by atoms with Gasteiger partial charge < -0.3 is 20.3 Å². The van der Waals surface area contributed by atoms with Gasteiger partial charge in [-0.1, -0.05) is 30.3 Å². The van der Waals surface area contributed by atoms with E-state index in [-0.39, 0.29) is 17.6 Å². The lowest BCUT2D eigenvalue weighted by atomic mass is 9.84. The molecule has 2 fully saturated rings. The second-order valence-electron chi connectivity index (χ2n) is 8.21. The number of fused-ring (bicyclic) bond motifs is 1. The van der Waals surface area contributed by atoms with Crippen molar-refractivity contribution < 1.29 is 9.53 Å². The van der Waals surface area contributed by atoms with Crippen molar-refractivity contribution >= 4 is 23.2 Å². The summed E-state index contributed by atoms with van der Waals surface area (Å²) in [6, 6.07) is 14.2. The number of hydrogen-bond acceptors (Lipinski definition) is 5. The van der Waals surface area contributed by atoms with Gasteiger partial charge in [0.1, 0.15) is 11.9 Å². The highest BCUT2D eigenvalue weighted by atomic mass is 16.5. The summed E-state index contributed by atoms with van der Waals surface area (Å²) in [5.41, 5.74) is 1.83. The molecule has 0 unspecified atom stereocenters.